The van der Waals surface area contributed by atoms with E-state index in [4.69, 9.17) is 17.2 Å². The molecule has 9 N–H and O–H groups in total. The predicted octanol–water partition coefficient (Wildman–Crippen LogP) is 0.312. The Morgan fingerprint density at radius 2 is 1.76 bits per heavy atom. The van der Waals surface area contributed by atoms with Gasteiger partial charge in [-0.3, -0.25) is 19.4 Å². The first-order valence-corrected chi connectivity index (χ1v) is 11.1. The molecule has 0 aliphatic rings. The van der Waals surface area contributed by atoms with Gasteiger partial charge in [-0.15, -0.1) is 0 Å². The van der Waals surface area contributed by atoms with Gasteiger partial charge in [-0.25, -0.2) is 0 Å². The zero-order chi connectivity index (χ0) is 25.0. The van der Waals surface area contributed by atoms with Gasteiger partial charge in [0, 0.05) is 30.8 Å². The Labute approximate surface area is 195 Å². The van der Waals surface area contributed by atoms with Gasteiger partial charge in [0.05, 0.1) is 6.54 Å². The highest BCUT2D eigenvalue weighted by atomic mass is 16.3. The van der Waals surface area contributed by atoms with Gasteiger partial charge in [-0.1, -0.05) is 32.9 Å². The molecule has 10 heteroatoms. The van der Waals surface area contributed by atoms with Gasteiger partial charge in [0.2, 0.25) is 11.8 Å². The molecule has 0 aliphatic heterocycles. The summed E-state index contributed by atoms with van der Waals surface area (Å²) in [5.41, 5.74) is 16.5. The molecule has 0 heterocycles. The van der Waals surface area contributed by atoms with Crippen LogP contribution in [0, 0.1) is 5.41 Å². The number of aromatic hydroxyl groups is 1. The number of nitrogens with one attached hydrogen (secondary N) is 2. The van der Waals surface area contributed by atoms with E-state index in [1.165, 1.54) is 12.1 Å². The van der Waals surface area contributed by atoms with Gasteiger partial charge in [-0.05, 0) is 37.0 Å². The first-order valence-electron chi connectivity index (χ1n) is 11.1. The zero-order valence-electron chi connectivity index (χ0n) is 19.8. The molecule has 2 atom stereocenters. The number of carbonyl (C=O) groups is 3. The van der Waals surface area contributed by atoms with Crippen molar-refractivity contribution in [1.82, 2.24) is 10.6 Å². The summed E-state index contributed by atoms with van der Waals surface area (Å²) in [5, 5.41) is 15.3. The Morgan fingerprint density at radius 1 is 1.12 bits per heavy atom. The molecular formula is C23H38N6O4. The van der Waals surface area contributed by atoms with Crippen molar-refractivity contribution >= 4 is 23.6 Å². The third-order valence-electron chi connectivity index (χ3n) is 5.68. The maximum absolute atomic E-state index is 12.7. The van der Waals surface area contributed by atoms with Crippen LogP contribution in [0.5, 0.6) is 5.75 Å². The maximum Gasteiger partial charge on any atom is 0.240 e. The lowest BCUT2D eigenvalue weighted by atomic mass is 9.85. The summed E-state index contributed by atoms with van der Waals surface area (Å²) in [6, 6.07) is 5.11. The Kier molecular flexibility index (Phi) is 11.3. The third-order valence-corrected chi connectivity index (χ3v) is 5.68. The van der Waals surface area contributed by atoms with Crippen LogP contribution in [-0.4, -0.2) is 53.8 Å². The number of ketones is 1. The number of aliphatic imine (C=N–C) groups is 1. The van der Waals surface area contributed by atoms with E-state index < -0.39 is 17.4 Å². The minimum absolute atomic E-state index is 0.00402. The average molecular weight is 463 g/mol. The number of nitrogens with zero attached hydrogens (tertiary/aromatic N) is 1. The molecule has 0 spiro atoms. The number of guanidine groups is 1. The van der Waals surface area contributed by atoms with E-state index in [2.05, 4.69) is 15.6 Å². The van der Waals surface area contributed by atoms with Crippen molar-refractivity contribution in [2.45, 2.75) is 65.0 Å². The largest absolute Gasteiger partial charge is 0.508 e. The average Bonchev–Trinajstić information content (AvgIpc) is 2.75. The van der Waals surface area contributed by atoms with Gasteiger partial charge >= 0.3 is 0 Å². The second kappa shape index (κ2) is 13.4. The van der Waals surface area contributed by atoms with Crippen LogP contribution in [0.4, 0.5) is 0 Å². The molecule has 184 valence electrons. The smallest absolute Gasteiger partial charge is 0.240 e. The van der Waals surface area contributed by atoms with E-state index in [0.29, 0.717) is 25.8 Å². The van der Waals surface area contributed by atoms with Crippen LogP contribution in [0.25, 0.3) is 0 Å². The second-order valence-electron chi connectivity index (χ2n) is 8.78. The second-order valence-corrected chi connectivity index (χ2v) is 8.78. The molecule has 0 saturated heterocycles. The number of amides is 2. The van der Waals surface area contributed by atoms with Gasteiger partial charge in [-0.2, -0.15) is 0 Å². The summed E-state index contributed by atoms with van der Waals surface area (Å²) >= 11 is 0. The first kappa shape index (κ1) is 27.9. The Hall–Kier alpha value is -3.14. The van der Waals surface area contributed by atoms with Gasteiger partial charge < -0.3 is 32.9 Å². The molecule has 2 amide bonds. The van der Waals surface area contributed by atoms with Crippen LogP contribution in [0.1, 0.15) is 52.0 Å². The monoisotopic (exact) mass is 462 g/mol. The third kappa shape index (κ3) is 10.8. The lowest BCUT2D eigenvalue weighted by molar-refractivity contribution is -0.128. The molecule has 33 heavy (non-hydrogen) atoms. The van der Waals surface area contributed by atoms with Crippen molar-refractivity contribution < 1.29 is 19.5 Å². The molecule has 0 bridgehead atoms. The standard InChI is InChI=1S/C23H38N6O4/c1-4-23(2,3)19(31)14-28-16(6-5-11-27-22(25)26)13-20(32)29-18(21(24)33)12-15-7-9-17(30)10-8-15/h7-10,16,18,28,30H,4-6,11-14H2,1-3H3,(H2,24,33)(H,29,32)(H4,25,26,27)/t16-,18-/m0/s1. The highest BCUT2D eigenvalue weighted by Gasteiger charge is 2.26. The van der Waals surface area contributed by atoms with E-state index in [-0.39, 0.29) is 48.8 Å². The maximum atomic E-state index is 12.7. The number of primary amides is 1. The highest BCUT2D eigenvalue weighted by Crippen LogP contribution is 2.20. The van der Waals surface area contributed by atoms with Crippen LogP contribution in [0.2, 0.25) is 0 Å². The first-order chi connectivity index (χ1) is 15.4. The van der Waals surface area contributed by atoms with Gasteiger partial charge in [0.15, 0.2) is 11.7 Å². The van der Waals surface area contributed by atoms with E-state index in [0.717, 1.165) is 5.56 Å². The highest BCUT2D eigenvalue weighted by molar-refractivity contribution is 5.87. The van der Waals surface area contributed by atoms with Crippen molar-refractivity contribution in [3.63, 3.8) is 0 Å². The summed E-state index contributed by atoms with van der Waals surface area (Å²) < 4.78 is 0. The fraction of sp³-hybridized carbons (Fsp3) is 0.565. The molecule has 0 radical (unpaired) electrons. The number of rotatable bonds is 15. The summed E-state index contributed by atoms with van der Waals surface area (Å²) in [6.45, 7) is 6.27. The molecule has 0 saturated carbocycles. The van der Waals surface area contributed by atoms with Crippen LogP contribution in [0.3, 0.4) is 0 Å². The van der Waals surface area contributed by atoms with Crippen molar-refractivity contribution in [1.29, 1.82) is 0 Å². The predicted molar refractivity (Wildman–Crippen MR) is 128 cm³/mol. The van der Waals surface area contributed by atoms with Crippen LogP contribution < -0.4 is 27.8 Å². The molecule has 0 aromatic heterocycles. The number of phenols is 1. The molecule has 0 unspecified atom stereocenters. The van der Waals surface area contributed by atoms with Crippen LogP contribution in [0.15, 0.2) is 29.3 Å². The molecule has 1 rings (SSSR count). The molecule has 0 aliphatic carbocycles. The molecule has 0 fully saturated rings. The minimum Gasteiger partial charge on any atom is -0.508 e. The van der Waals surface area contributed by atoms with Crippen LogP contribution >= 0.6 is 0 Å². The number of nitrogens with two attached hydrogens (primary N) is 3. The molecule has 1 aromatic carbocycles. The summed E-state index contributed by atoms with van der Waals surface area (Å²) in [4.78, 5) is 41.0. The van der Waals surface area contributed by atoms with E-state index in [1.807, 2.05) is 20.8 Å². The van der Waals surface area contributed by atoms with Crippen molar-refractivity contribution in [3.8, 4) is 5.75 Å². The lowest BCUT2D eigenvalue weighted by Crippen LogP contribution is -2.48. The van der Waals surface area contributed by atoms with Crippen molar-refractivity contribution in [3.05, 3.63) is 29.8 Å². The Balaban J connectivity index is 2.77. The number of phenolic OH excluding ortho intramolecular Hbond substituents is 1. The van der Waals surface area contributed by atoms with E-state index in [9.17, 15) is 19.5 Å². The van der Waals surface area contributed by atoms with Crippen LogP contribution in [-0.2, 0) is 20.8 Å². The van der Waals surface area contributed by atoms with Crippen molar-refractivity contribution in [2.75, 3.05) is 13.1 Å². The molecular weight excluding hydrogens is 424 g/mol. The lowest BCUT2D eigenvalue weighted by Gasteiger charge is -2.24. The van der Waals surface area contributed by atoms with E-state index >= 15 is 0 Å². The topological polar surface area (TPSA) is 186 Å². The molecule has 10 nitrogen and oxygen atoms in total. The fourth-order valence-electron chi connectivity index (χ4n) is 3.06. The SMILES string of the molecule is CCC(C)(C)C(=O)CN[C@@H](CCCN=C(N)N)CC(=O)N[C@@H](Cc1ccc(O)cc1)C(N)=O. The molecule has 1 aromatic rings. The van der Waals surface area contributed by atoms with Crippen molar-refractivity contribution in [2.24, 2.45) is 27.6 Å². The summed E-state index contributed by atoms with van der Waals surface area (Å²) in [7, 11) is 0. The minimum atomic E-state index is -0.898. The number of carbonyl (C=O) groups excluding carboxylic acids is 3. The quantitative estimate of drug-likeness (QED) is 0.123. The van der Waals surface area contributed by atoms with Gasteiger partial charge in [0.25, 0.3) is 0 Å². The number of hydrogen-bond donors (Lipinski definition) is 6. The fourth-order valence-corrected chi connectivity index (χ4v) is 3.06. The zero-order valence-corrected chi connectivity index (χ0v) is 19.8. The van der Waals surface area contributed by atoms with E-state index in [1.54, 1.807) is 12.1 Å². The van der Waals surface area contributed by atoms with Gasteiger partial charge in [0.1, 0.15) is 11.8 Å². The summed E-state index contributed by atoms with van der Waals surface area (Å²) in [5.74, 6) is -0.862. The number of hydrogen-bond acceptors (Lipinski definition) is 6. The Bertz CT molecular complexity index is 819. The normalized spacial score (nSPS) is 13.1. The summed E-state index contributed by atoms with van der Waals surface area (Å²) in [6.07, 6.45) is 2.14. The Morgan fingerprint density at radius 3 is 2.30 bits per heavy atom. The number of Topliss-reactive ketones (excluding diaryl/α,β-unsaturated/α-hetero) is 1. The number of benzene rings is 1.